The number of likely N-dealkylation sites (N-methyl/N-ethyl adjacent to an activating group) is 1. The first-order valence-electron chi connectivity index (χ1n) is 6.69. The lowest BCUT2D eigenvalue weighted by Crippen LogP contribution is -2.55. The van der Waals surface area contributed by atoms with Crippen molar-refractivity contribution in [2.24, 2.45) is 0 Å². The van der Waals surface area contributed by atoms with Crippen molar-refractivity contribution in [1.82, 2.24) is 9.80 Å². The van der Waals surface area contributed by atoms with Gasteiger partial charge in [-0.15, -0.1) is 0 Å². The van der Waals surface area contributed by atoms with Gasteiger partial charge in [0.1, 0.15) is 6.04 Å². The molecule has 116 valence electrons. The number of halogens is 3. The van der Waals surface area contributed by atoms with Gasteiger partial charge in [0.15, 0.2) is 0 Å². The summed E-state index contributed by atoms with van der Waals surface area (Å²) in [4.78, 5) is 26.0. The Labute approximate surface area is 116 Å². The molecule has 0 aromatic heterocycles. The number of hydrogen-bond donors (Lipinski definition) is 0. The van der Waals surface area contributed by atoms with E-state index in [-0.39, 0.29) is 13.0 Å². The van der Waals surface area contributed by atoms with Gasteiger partial charge >= 0.3 is 12.1 Å². The Morgan fingerprint density at radius 2 is 1.80 bits per heavy atom. The number of amides is 2. The monoisotopic (exact) mass is 294 g/mol. The molecule has 0 aromatic rings. The van der Waals surface area contributed by atoms with Crippen molar-refractivity contribution in [2.45, 2.75) is 58.3 Å². The standard InChI is InChI=1S/C13H21F3N2O2/c1-5-18(12(2,3)4)10(19)9-7-6-8-17(9)11(20)13(14,15)16/h9H,5-8H2,1-4H3. The van der Waals surface area contributed by atoms with E-state index >= 15 is 0 Å². The second-order valence-corrected chi connectivity index (χ2v) is 5.91. The fourth-order valence-electron chi connectivity index (χ4n) is 2.57. The van der Waals surface area contributed by atoms with E-state index in [1.54, 1.807) is 6.92 Å². The summed E-state index contributed by atoms with van der Waals surface area (Å²) < 4.78 is 37.6. The normalized spacial score (nSPS) is 20.1. The number of alkyl halides is 3. The Morgan fingerprint density at radius 3 is 2.20 bits per heavy atom. The van der Waals surface area contributed by atoms with Crippen LogP contribution in [-0.2, 0) is 9.59 Å². The Kier molecular flexibility index (Phi) is 4.71. The van der Waals surface area contributed by atoms with Crippen molar-refractivity contribution in [3.05, 3.63) is 0 Å². The highest BCUT2D eigenvalue weighted by molar-refractivity contribution is 5.90. The van der Waals surface area contributed by atoms with Crippen molar-refractivity contribution in [3.63, 3.8) is 0 Å². The molecule has 0 saturated carbocycles. The van der Waals surface area contributed by atoms with E-state index in [1.807, 2.05) is 20.8 Å². The Hall–Kier alpha value is -1.27. The van der Waals surface area contributed by atoms with Crippen molar-refractivity contribution in [2.75, 3.05) is 13.1 Å². The van der Waals surface area contributed by atoms with E-state index in [0.29, 0.717) is 17.9 Å². The Morgan fingerprint density at radius 1 is 1.25 bits per heavy atom. The minimum Gasteiger partial charge on any atom is -0.336 e. The molecule has 7 heteroatoms. The first kappa shape index (κ1) is 16.8. The summed E-state index contributed by atoms with van der Waals surface area (Å²) >= 11 is 0. The molecule has 0 spiro atoms. The van der Waals surface area contributed by atoms with Crippen molar-refractivity contribution >= 4 is 11.8 Å². The second kappa shape index (κ2) is 5.61. The van der Waals surface area contributed by atoms with Crippen molar-refractivity contribution in [3.8, 4) is 0 Å². The van der Waals surface area contributed by atoms with Crippen LogP contribution in [0.4, 0.5) is 13.2 Å². The molecule has 2 amide bonds. The largest absolute Gasteiger partial charge is 0.471 e. The van der Waals surface area contributed by atoms with Crippen LogP contribution in [0.1, 0.15) is 40.5 Å². The lowest BCUT2D eigenvalue weighted by atomic mass is 10.0. The van der Waals surface area contributed by atoms with Gasteiger partial charge in [0.2, 0.25) is 5.91 Å². The average molecular weight is 294 g/mol. The molecule has 1 rings (SSSR count). The first-order valence-corrected chi connectivity index (χ1v) is 6.69. The topological polar surface area (TPSA) is 40.6 Å². The molecule has 0 aromatic carbocycles. The SMILES string of the molecule is CCN(C(=O)C1CCCN1C(=O)C(F)(F)F)C(C)(C)C. The number of carbonyl (C=O) groups excluding carboxylic acids is 2. The fraction of sp³-hybridized carbons (Fsp3) is 0.846. The van der Waals surface area contributed by atoms with Crippen LogP contribution >= 0.6 is 0 Å². The van der Waals surface area contributed by atoms with E-state index in [1.165, 1.54) is 4.90 Å². The van der Waals surface area contributed by atoms with Gasteiger partial charge in [0.05, 0.1) is 0 Å². The van der Waals surface area contributed by atoms with Crippen LogP contribution in [0, 0.1) is 0 Å². The zero-order valence-electron chi connectivity index (χ0n) is 12.3. The zero-order valence-corrected chi connectivity index (χ0v) is 12.3. The van der Waals surface area contributed by atoms with Crippen LogP contribution in [0.5, 0.6) is 0 Å². The third-order valence-electron chi connectivity index (χ3n) is 3.43. The third-order valence-corrected chi connectivity index (χ3v) is 3.43. The van der Waals surface area contributed by atoms with E-state index in [9.17, 15) is 22.8 Å². The molecule has 1 aliphatic rings. The number of rotatable bonds is 2. The molecule has 1 unspecified atom stereocenters. The van der Waals surface area contributed by atoms with Crippen LogP contribution in [0.3, 0.4) is 0 Å². The number of likely N-dealkylation sites (tertiary alicyclic amines) is 1. The molecule has 4 nitrogen and oxygen atoms in total. The predicted octanol–water partition coefficient (Wildman–Crippen LogP) is 2.19. The lowest BCUT2D eigenvalue weighted by Gasteiger charge is -2.38. The summed E-state index contributed by atoms with van der Waals surface area (Å²) in [6.07, 6.45) is -4.23. The number of nitrogens with zero attached hydrogens (tertiary/aromatic N) is 2. The Bertz CT molecular complexity index is 388. The highest BCUT2D eigenvalue weighted by Gasteiger charge is 2.48. The summed E-state index contributed by atoms with van der Waals surface area (Å²) in [6.45, 7) is 7.61. The highest BCUT2D eigenvalue weighted by atomic mass is 19.4. The van der Waals surface area contributed by atoms with Crippen LogP contribution in [0.2, 0.25) is 0 Å². The molecule has 1 atom stereocenters. The summed E-state index contributed by atoms with van der Waals surface area (Å²) in [5, 5.41) is 0. The summed E-state index contributed by atoms with van der Waals surface area (Å²) in [7, 11) is 0. The van der Waals surface area contributed by atoms with Crippen LogP contribution in [-0.4, -0.2) is 52.5 Å². The van der Waals surface area contributed by atoms with Gasteiger partial charge in [-0.1, -0.05) is 0 Å². The molecule has 0 aliphatic carbocycles. The summed E-state index contributed by atoms with van der Waals surface area (Å²) in [5.74, 6) is -2.33. The first-order chi connectivity index (χ1) is 9.00. The van der Waals surface area contributed by atoms with Gasteiger partial charge < -0.3 is 9.80 Å². The molecule has 1 aliphatic heterocycles. The molecule has 1 heterocycles. The van der Waals surface area contributed by atoms with E-state index in [4.69, 9.17) is 0 Å². The molecule has 0 N–H and O–H groups in total. The van der Waals surface area contributed by atoms with Crippen LogP contribution in [0.15, 0.2) is 0 Å². The van der Waals surface area contributed by atoms with Gasteiger partial charge in [-0.05, 0) is 40.5 Å². The van der Waals surface area contributed by atoms with E-state index in [2.05, 4.69) is 0 Å². The molecule has 20 heavy (non-hydrogen) atoms. The minimum absolute atomic E-state index is 0.0174. The maximum absolute atomic E-state index is 12.5. The summed E-state index contributed by atoms with van der Waals surface area (Å²) in [5.41, 5.74) is -0.485. The second-order valence-electron chi connectivity index (χ2n) is 5.91. The average Bonchev–Trinajstić information content (AvgIpc) is 2.73. The molecule has 0 radical (unpaired) electrons. The predicted molar refractivity (Wildman–Crippen MR) is 67.9 cm³/mol. The number of carbonyl (C=O) groups is 2. The van der Waals surface area contributed by atoms with Crippen LogP contribution in [0.25, 0.3) is 0 Å². The van der Waals surface area contributed by atoms with Gasteiger partial charge in [-0.25, -0.2) is 0 Å². The fourth-order valence-corrected chi connectivity index (χ4v) is 2.57. The lowest BCUT2D eigenvalue weighted by molar-refractivity contribution is -0.187. The van der Waals surface area contributed by atoms with Gasteiger partial charge in [0.25, 0.3) is 0 Å². The Balaban J connectivity index is 2.94. The van der Waals surface area contributed by atoms with Gasteiger partial charge in [-0.3, -0.25) is 9.59 Å². The van der Waals surface area contributed by atoms with Crippen LogP contribution < -0.4 is 0 Å². The maximum Gasteiger partial charge on any atom is 0.471 e. The highest BCUT2D eigenvalue weighted by Crippen LogP contribution is 2.28. The molecule has 1 fully saturated rings. The quantitative estimate of drug-likeness (QED) is 0.783. The van der Waals surface area contributed by atoms with Gasteiger partial charge in [0, 0.05) is 18.6 Å². The van der Waals surface area contributed by atoms with E-state index < -0.39 is 29.6 Å². The smallest absolute Gasteiger partial charge is 0.336 e. The molecule has 1 saturated heterocycles. The molecular weight excluding hydrogens is 273 g/mol. The van der Waals surface area contributed by atoms with Gasteiger partial charge in [-0.2, -0.15) is 13.2 Å². The number of hydrogen-bond acceptors (Lipinski definition) is 2. The van der Waals surface area contributed by atoms with Crippen molar-refractivity contribution < 1.29 is 22.8 Å². The summed E-state index contributed by atoms with van der Waals surface area (Å²) in [6, 6.07) is -0.997. The van der Waals surface area contributed by atoms with E-state index in [0.717, 1.165) is 0 Å². The van der Waals surface area contributed by atoms with Crippen molar-refractivity contribution in [1.29, 1.82) is 0 Å². The molecular formula is C13H21F3N2O2. The zero-order chi connectivity index (χ0) is 15.7. The minimum atomic E-state index is -4.93. The third kappa shape index (κ3) is 3.43. The molecule has 0 bridgehead atoms. The maximum atomic E-state index is 12.5.